The van der Waals surface area contributed by atoms with Crippen LogP contribution in [0.15, 0.2) is 24.3 Å². The normalized spacial score (nSPS) is 11.1. The van der Waals surface area contributed by atoms with Crippen LogP contribution in [0.5, 0.6) is 5.75 Å². The lowest BCUT2D eigenvalue weighted by atomic mass is 10.3. The summed E-state index contributed by atoms with van der Waals surface area (Å²) in [5.41, 5.74) is 0.209. The van der Waals surface area contributed by atoms with Crippen LogP contribution in [0.2, 0.25) is 0 Å². The number of aromatic hydroxyl groups is 1. The fraction of sp³-hybridized carbons (Fsp3) is 0.222. The van der Waals surface area contributed by atoms with Gasteiger partial charge in [-0.1, -0.05) is 6.07 Å². The lowest BCUT2D eigenvalue weighted by Gasteiger charge is -2.18. The third kappa shape index (κ3) is 2.86. The third-order valence-corrected chi connectivity index (χ3v) is 3.57. The number of anilines is 1. The first-order valence-electron chi connectivity index (χ1n) is 4.30. The summed E-state index contributed by atoms with van der Waals surface area (Å²) < 4.78 is 23.9. The molecule has 1 rings (SSSR count). The number of hydrogen-bond donors (Lipinski definition) is 2. The van der Waals surface area contributed by atoms with Crippen LogP contribution in [0, 0.1) is 0 Å². The molecule has 0 bridgehead atoms. The fourth-order valence-electron chi connectivity index (χ4n) is 1.10. The number of carboxylic acid groups (broad SMARTS) is 1. The Morgan fingerprint density at radius 2 is 2.06 bits per heavy atom. The quantitative estimate of drug-likeness (QED) is 0.792. The maximum atomic E-state index is 11.5. The van der Waals surface area contributed by atoms with Gasteiger partial charge in [0.1, 0.15) is 5.75 Å². The minimum absolute atomic E-state index is 0.0881. The van der Waals surface area contributed by atoms with E-state index in [0.717, 1.165) is 4.31 Å². The Kier molecular flexibility index (Phi) is 3.38. The van der Waals surface area contributed by atoms with E-state index in [4.69, 9.17) is 5.11 Å². The van der Waals surface area contributed by atoms with Crippen LogP contribution in [0.25, 0.3) is 0 Å². The number of nitrogens with zero attached hydrogens (tertiary/aromatic N) is 1. The van der Waals surface area contributed by atoms with Crippen molar-refractivity contribution in [2.24, 2.45) is 0 Å². The maximum absolute atomic E-state index is 11.5. The van der Waals surface area contributed by atoms with Crippen molar-refractivity contribution in [1.82, 2.24) is 0 Å². The van der Waals surface area contributed by atoms with Gasteiger partial charge in [-0.05, 0) is 12.1 Å². The molecule has 0 aliphatic carbocycles. The van der Waals surface area contributed by atoms with Gasteiger partial charge < -0.3 is 10.2 Å². The average molecular weight is 245 g/mol. The Hall–Kier alpha value is -1.76. The van der Waals surface area contributed by atoms with Gasteiger partial charge in [0.05, 0.1) is 5.69 Å². The van der Waals surface area contributed by atoms with E-state index in [2.05, 4.69) is 0 Å². The van der Waals surface area contributed by atoms with Gasteiger partial charge in [0.25, 0.3) is 0 Å². The number of phenols is 1. The minimum Gasteiger partial charge on any atom is -0.508 e. The van der Waals surface area contributed by atoms with Gasteiger partial charge in [-0.3, -0.25) is 9.10 Å². The van der Waals surface area contributed by atoms with Crippen LogP contribution in [0.4, 0.5) is 5.69 Å². The molecule has 6 nitrogen and oxygen atoms in total. The average Bonchev–Trinajstić information content (AvgIpc) is 2.14. The highest BCUT2D eigenvalue weighted by Gasteiger charge is 2.22. The van der Waals surface area contributed by atoms with Gasteiger partial charge in [0.2, 0.25) is 10.0 Å². The van der Waals surface area contributed by atoms with E-state index in [0.29, 0.717) is 0 Å². The molecule has 2 N–H and O–H groups in total. The number of carboxylic acids is 1. The number of rotatable bonds is 4. The second-order valence-corrected chi connectivity index (χ2v) is 5.14. The Labute approximate surface area is 92.8 Å². The van der Waals surface area contributed by atoms with Gasteiger partial charge in [0.15, 0.2) is 5.75 Å². The highest BCUT2D eigenvalue weighted by molar-refractivity contribution is 7.93. The molecule has 16 heavy (non-hydrogen) atoms. The zero-order valence-corrected chi connectivity index (χ0v) is 9.31. The van der Waals surface area contributed by atoms with Gasteiger partial charge in [-0.2, -0.15) is 0 Å². The number of benzene rings is 1. The molecule has 0 saturated carbocycles. The van der Waals surface area contributed by atoms with E-state index < -0.39 is 21.7 Å². The molecular formula is C9H11NO5S. The van der Waals surface area contributed by atoms with E-state index in [-0.39, 0.29) is 11.4 Å². The van der Waals surface area contributed by atoms with Gasteiger partial charge in [-0.25, -0.2) is 8.42 Å². The van der Waals surface area contributed by atoms with E-state index in [1.807, 2.05) is 0 Å². The fourth-order valence-corrected chi connectivity index (χ4v) is 2.04. The van der Waals surface area contributed by atoms with Gasteiger partial charge in [0, 0.05) is 13.1 Å². The molecule has 0 unspecified atom stereocenters. The number of sulfonamides is 1. The zero-order valence-electron chi connectivity index (χ0n) is 8.49. The predicted octanol–water partition coefficient (Wildman–Crippen LogP) is 0.243. The van der Waals surface area contributed by atoms with Crippen LogP contribution in [0.3, 0.4) is 0 Å². The zero-order chi connectivity index (χ0) is 12.3. The van der Waals surface area contributed by atoms with Gasteiger partial charge >= 0.3 is 5.97 Å². The van der Waals surface area contributed by atoms with Crippen molar-refractivity contribution >= 4 is 21.7 Å². The summed E-state index contributed by atoms with van der Waals surface area (Å²) in [4.78, 5) is 10.4. The summed E-state index contributed by atoms with van der Waals surface area (Å²) in [6, 6.07) is 5.55. The minimum atomic E-state index is -3.91. The van der Waals surface area contributed by atoms with E-state index in [9.17, 15) is 18.3 Å². The molecule has 0 spiro atoms. The van der Waals surface area contributed by atoms with Crippen molar-refractivity contribution in [1.29, 1.82) is 0 Å². The number of aliphatic carboxylic acids is 1. The highest BCUT2D eigenvalue weighted by Crippen LogP contribution is 2.21. The SMILES string of the molecule is CN(c1cccc(O)c1)S(=O)(=O)CC(=O)O. The first-order chi connectivity index (χ1) is 7.33. The van der Waals surface area contributed by atoms with Crippen molar-refractivity contribution in [3.63, 3.8) is 0 Å². The largest absolute Gasteiger partial charge is 0.508 e. The van der Waals surface area contributed by atoms with Crippen molar-refractivity contribution in [2.75, 3.05) is 17.1 Å². The van der Waals surface area contributed by atoms with Crippen LogP contribution in [-0.2, 0) is 14.8 Å². The molecular weight excluding hydrogens is 234 g/mol. The van der Waals surface area contributed by atoms with E-state index in [1.54, 1.807) is 0 Å². The monoisotopic (exact) mass is 245 g/mol. The molecule has 0 saturated heterocycles. The molecule has 1 aromatic rings. The summed E-state index contributed by atoms with van der Waals surface area (Å²) in [6.45, 7) is 0. The second-order valence-electron chi connectivity index (χ2n) is 3.14. The first-order valence-corrected chi connectivity index (χ1v) is 5.91. The number of carbonyl (C=O) groups is 1. The van der Waals surface area contributed by atoms with E-state index >= 15 is 0 Å². The Balaban J connectivity index is 3.02. The van der Waals surface area contributed by atoms with Crippen molar-refractivity contribution in [3.05, 3.63) is 24.3 Å². The lowest BCUT2D eigenvalue weighted by molar-refractivity contribution is -0.134. The topological polar surface area (TPSA) is 94.9 Å². The van der Waals surface area contributed by atoms with Crippen LogP contribution >= 0.6 is 0 Å². The van der Waals surface area contributed by atoms with Crippen LogP contribution in [-0.4, -0.2) is 37.4 Å². The molecule has 0 aromatic heterocycles. The number of hydrogen-bond acceptors (Lipinski definition) is 4. The van der Waals surface area contributed by atoms with E-state index in [1.165, 1.54) is 31.3 Å². The highest BCUT2D eigenvalue weighted by atomic mass is 32.2. The summed E-state index contributed by atoms with van der Waals surface area (Å²) in [7, 11) is -2.68. The summed E-state index contributed by atoms with van der Waals surface area (Å²) in [6.07, 6.45) is 0. The molecule has 0 atom stereocenters. The van der Waals surface area contributed by atoms with Gasteiger partial charge in [-0.15, -0.1) is 0 Å². The molecule has 1 aromatic carbocycles. The Morgan fingerprint density at radius 1 is 1.44 bits per heavy atom. The molecule has 88 valence electrons. The molecule has 0 aliphatic rings. The molecule has 7 heteroatoms. The molecule has 0 fully saturated rings. The summed E-state index contributed by atoms with van der Waals surface area (Å²) in [5.74, 6) is -2.50. The smallest absolute Gasteiger partial charge is 0.320 e. The maximum Gasteiger partial charge on any atom is 0.320 e. The van der Waals surface area contributed by atoms with Crippen LogP contribution < -0.4 is 4.31 Å². The number of phenolic OH excluding ortho intramolecular Hbond substituents is 1. The Bertz CT molecular complexity index is 496. The van der Waals surface area contributed by atoms with Crippen LogP contribution in [0.1, 0.15) is 0 Å². The lowest BCUT2D eigenvalue weighted by Crippen LogP contribution is -2.32. The third-order valence-electron chi connectivity index (χ3n) is 1.92. The van der Waals surface area contributed by atoms with Crippen molar-refractivity contribution in [3.8, 4) is 5.75 Å². The van der Waals surface area contributed by atoms with Crippen molar-refractivity contribution in [2.45, 2.75) is 0 Å². The Morgan fingerprint density at radius 3 is 2.56 bits per heavy atom. The summed E-state index contributed by atoms with van der Waals surface area (Å²) in [5, 5.41) is 17.6. The standard InChI is InChI=1S/C9H11NO5S/c1-10(16(14,15)6-9(12)13)7-3-2-4-8(11)5-7/h2-5,11H,6H2,1H3,(H,12,13). The molecule has 0 radical (unpaired) electrons. The second kappa shape index (κ2) is 4.40. The molecule has 0 heterocycles. The predicted molar refractivity (Wildman–Crippen MR) is 57.9 cm³/mol. The first kappa shape index (κ1) is 12.3. The molecule has 0 aliphatic heterocycles. The van der Waals surface area contributed by atoms with Crippen molar-refractivity contribution < 1.29 is 23.4 Å². The summed E-state index contributed by atoms with van der Waals surface area (Å²) >= 11 is 0. The molecule has 0 amide bonds.